The van der Waals surface area contributed by atoms with Crippen LogP contribution in [0.25, 0.3) is 0 Å². The van der Waals surface area contributed by atoms with E-state index in [0.717, 1.165) is 25.2 Å². The monoisotopic (exact) mass is 275 g/mol. The van der Waals surface area contributed by atoms with E-state index in [0.29, 0.717) is 0 Å². The molecule has 1 fully saturated rings. The maximum absolute atomic E-state index is 6.53. The van der Waals surface area contributed by atoms with E-state index in [-0.39, 0.29) is 11.6 Å². The second kappa shape index (κ2) is 6.28. The maximum atomic E-state index is 6.53. The molecule has 0 spiro atoms. The Hall–Kier alpha value is -0.860. The third-order valence-electron chi connectivity index (χ3n) is 5.23. The predicted octanol–water partition coefficient (Wildman–Crippen LogP) is 3.77. The van der Waals surface area contributed by atoms with Crippen LogP contribution in [0.1, 0.15) is 49.3 Å². The minimum absolute atomic E-state index is 0.0853. The van der Waals surface area contributed by atoms with E-state index < -0.39 is 0 Å². The molecule has 112 valence electrons. The molecule has 20 heavy (non-hydrogen) atoms. The van der Waals surface area contributed by atoms with Gasteiger partial charge in [0, 0.05) is 13.2 Å². The van der Waals surface area contributed by atoms with Crippen molar-refractivity contribution in [2.45, 2.75) is 64.5 Å². The van der Waals surface area contributed by atoms with Crippen molar-refractivity contribution in [2.75, 3.05) is 7.11 Å². The number of hydrogen-bond acceptors (Lipinski definition) is 2. The van der Waals surface area contributed by atoms with Crippen molar-refractivity contribution in [1.29, 1.82) is 0 Å². The van der Waals surface area contributed by atoms with E-state index in [9.17, 15) is 0 Å². The molecule has 0 heterocycles. The lowest BCUT2D eigenvalue weighted by Gasteiger charge is -2.42. The fourth-order valence-electron chi connectivity index (χ4n) is 3.35. The van der Waals surface area contributed by atoms with Crippen molar-refractivity contribution in [2.24, 2.45) is 11.7 Å². The molecule has 2 rings (SSSR count). The predicted molar refractivity (Wildman–Crippen MR) is 85.0 cm³/mol. The Morgan fingerprint density at radius 3 is 2.45 bits per heavy atom. The van der Waals surface area contributed by atoms with Gasteiger partial charge in [0.2, 0.25) is 0 Å². The molecule has 1 saturated carbocycles. The zero-order valence-corrected chi connectivity index (χ0v) is 13.4. The summed E-state index contributed by atoms with van der Waals surface area (Å²) >= 11 is 0. The Kier molecular flexibility index (Phi) is 4.87. The molecule has 2 N–H and O–H groups in total. The van der Waals surface area contributed by atoms with Crippen molar-refractivity contribution in [3.8, 4) is 0 Å². The van der Waals surface area contributed by atoms with Gasteiger partial charge in [0.05, 0.1) is 5.60 Å². The molecule has 0 radical (unpaired) electrons. The quantitative estimate of drug-likeness (QED) is 0.908. The first-order chi connectivity index (χ1) is 9.47. The Morgan fingerprint density at radius 1 is 1.25 bits per heavy atom. The van der Waals surface area contributed by atoms with Crippen LogP contribution in [0.4, 0.5) is 0 Å². The average molecular weight is 275 g/mol. The Bertz CT molecular complexity index is 447. The Morgan fingerprint density at radius 2 is 1.90 bits per heavy atom. The van der Waals surface area contributed by atoms with Gasteiger partial charge < -0.3 is 10.5 Å². The zero-order valence-electron chi connectivity index (χ0n) is 13.4. The fourth-order valence-corrected chi connectivity index (χ4v) is 3.35. The van der Waals surface area contributed by atoms with Crippen molar-refractivity contribution in [3.05, 3.63) is 34.9 Å². The van der Waals surface area contributed by atoms with Crippen molar-refractivity contribution < 1.29 is 4.74 Å². The van der Waals surface area contributed by atoms with Crippen LogP contribution in [0.3, 0.4) is 0 Å². The highest BCUT2D eigenvalue weighted by atomic mass is 16.5. The van der Waals surface area contributed by atoms with Gasteiger partial charge in [-0.3, -0.25) is 0 Å². The van der Waals surface area contributed by atoms with E-state index in [1.807, 2.05) is 7.11 Å². The van der Waals surface area contributed by atoms with Gasteiger partial charge in [0.15, 0.2) is 0 Å². The van der Waals surface area contributed by atoms with Crippen molar-refractivity contribution in [1.82, 2.24) is 0 Å². The lowest BCUT2D eigenvalue weighted by molar-refractivity contribution is -0.0659. The van der Waals surface area contributed by atoms with E-state index in [4.69, 9.17) is 10.5 Å². The fraction of sp³-hybridized carbons (Fsp3) is 0.667. The topological polar surface area (TPSA) is 35.2 Å². The summed E-state index contributed by atoms with van der Waals surface area (Å²) in [5.74, 6) is 0.812. The summed E-state index contributed by atoms with van der Waals surface area (Å²) in [7, 11) is 1.83. The minimum Gasteiger partial charge on any atom is -0.377 e. The van der Waals surface area contributed by atoms with Crippen LogP contribution < -0.4 is 5.73 Å². The Balaban J connectivity index is 2.09. The molecule has 1 aliphatic rings. The van der Waals surface area contributed by atoms with Crippen LogP contribution in [0.15, 0.2) is 18.2 Å². The molecule has 0 aliphatic heterocycles. The Labute approximate surface area is 123 Å². The van der Waals surface area contributed by atoms with Gasteiger partial charge in [-0.2, -0.15) is 0 Å². The highest BCUT2D eigenvalue weighted by Crippen LogP contribution is 2.37. The van der Waals surface area contributed by atoms with E-state index in [1.165, 1.54) is 29.5 Å². The molecular formula is C18H29NO. The van der Waals surface area contributed by atoms with Crippen molar-refractivity contribution >= 4 is 0 Å². The van der Waals surface area contributed by atoms with Gasteiger partial charge in [-0.25, -0.2) is 0 Å². The van der Waals surface area contributed by atoms with Crippen LogP contribution >= 0.6 is 0 Å². The number of rotatable bonds is 4. The molecule has 0 amide bonds. The number of nitrogens with two attached hydrogens (primary N) is 1. The smallest absolute Gasteiger partial charge is 0.0832 e. The lowest BCUT2D eigenvalue weighted by Crippen LogP contribution is -2.52. The van der Waals surface area contributed by atoms with Crippen LogP contribution in [0, 0.1) is 19.8 Å². The summed E-state index contributed by atoms with van der Waals surface area (Å²) in [6.45, 7) is 6.64. The molecule has 1 atom stereocenters. The summed E-state index contributed by atoms with van der Waals surface area (Å²) in [5, 5.41) is 0. The largest absolute Gasteiger partial charge is 0.377 e. The number of hydrogen-bond donors (Lipinski definition) is 1. The third kappa shape index (κ3) is 3.24. The van der Waals surface area contributed by atoms with Gasteiger partial charge in [0.25, 0.3) is 0 Å². The number of benzene rings is 1. The second-order valence-electron chi connectivity index (χ2n) is 6.68. The average Bonchev–Trinajstić information content (AvgIpc) is 2.44. The summed E-state index contributed by atoms with van der Waals surface area (Å²) in [4.78, 5) is 0. The summed E-state index contributed by atoms with van der Waals surface area (Å²) in [6.07, 6.45) is 5.56. The molecule has 0 aromatic heterocycles. The SMILES string of the molecule is COC1(C(N)Cc2ccc(C)c(C)c2)CCC(C)CC1. The number of ether oxygens (including phenoxy) is 1. The number of aryl methyl sites for hydroxylation is 2. The van der Waals surface area contributed by atoms with Gasteiger partial charge in [-0.1, -0.05) is 25.1 Å². The molecule has 0 bridgehead atoms. The van der Waals surface area contributed by atoms with Crippen LogP contribution in [-0.2, 0) is 11.2 Å². The lowest BCUT2D eigenvalue weighted by atomic mass is 9.74. The first-order valence-corrected chi connectivity index (χ1v) is 7.84. The first-order valence-electron chi connectivity index (χ1n) is 7.84. The van der Waals surface area contributed by atoms with E-state index >= 15 is 0 Å². The van der Waals surface area contributed by atoms with E-state index in [1.54, 1.807) is 0 Å². The van der Waals surface area contributed by atoms with Gasteiger partial charge in [-0.05, 0) is 68.6 Å². The molecule has 0 saturated heterocycles. The first kappa shape index (κ1) is 15.5. The van der Waals surface area contributed by atoms with Crippen LogP contribution in [0.2, 0.25) is 0 Å². The maximum Gasteiger partial charge on any atom is 0.0832 e. The molecule has 1 aromatic carbocycles. The normalized spacial score (nSPS) is 28.4. The standard InChI is InChI=1S/C18H29NO/c1-13-7-9-18(20-4,10-8-13)17(19)12-16-6-5-14(2)15(3)11-16/h5-6,11,13,17H,7-10,12,19H2,1-4H3. The van der Waals surface area contributed by atoms with Crippen molar-refractivity contribution in [3.63, 3.8) is 0 Å². The molecular weight excluding hydrogens is 246 g/mol. The molecule has 2 nitrogen and oxygen atoms in total. The highest BCUT2D eigenvalue weighted by molar-refractivity contribution is 5.30. The second-order valence-corrected chi connectivity index (χ2v) is 6.68. The molecule has 2 heteroatoms. The minimum atomic E-state index is -0.120. The number of methoxy groups -OCH3 is 1. The van der Waals surface area contributed by atoms with Crippen LogP contribution in [-0.4, -0.2) is 18.8 Å². The third-order valence-corrected chi connectivity index (χ3v) is 5.23. The summed E-state index contributed by atoms with van der Waals surface area (Å²) < 4.78 is 5.89. The van der Waals surface area contributed by atoms with Gasteiger partial charge >= 0.3 is 0 Å². The molecule has 1 unspecified atom stereocenters. The molecule has 1 aromatic rings. The highest BCUT2D eigenvalue weighted by Gasteiger charge is 2.39. The summed E-state index contributed by atoms with van der Waals surface area (Å²) in [5.41, 5.74) is 10.4. The van der Waals surface area contributed by atoms with Crippen LogP contribution in [0.5, 0.6) is 0 Å². The summed E-state index contributed by atoms with van der Waals surface area (Å²) in [6, 6.07) is 6.75. The zero-order chi connectivity index (χ0) is 14.8. The molecule has 1 aliphatic carbocycles. The van der Waals surface area contributed by atoms with Gasteiger partial charge in [0.1, 0.15) is 0 Å². The van der Waals surface area contributed by atoms with Gasteiger partial charge in [-0.15, -0.1) is 0 Å². The van der Waals surface area contributed by atoms with E-state index in [2.05, 4.69) is 39.0 Å².